The number of nitrogens with zero attached hydrogens (tertiary/aromatic N) is 3. The van der Waals surface area contributed by atoms with E-state index in [9.17, 15) is 4.79 Å². The van der Waals surface area contributed by atoms with Gasteiger partial charge in [-0.25, -0.2) is 4.68 Å². The molecule has 158 valence electrons. The lowest BCUT2D eigenvalue weighted by atomic mass is 9.95. The van der Waals surface area contributed by atoms with Crippen molar-refractivity contribution >= 4 is 27.3 Å². The van der Waals surface area contributed by atoms with Crippen LogP contribution < -0.4 is 5.32 Å². The molecule has 1 atom stereocenters. The maximum atomic E-state index is 13.2. The van der Waals surface area contributed by atoms with Gasteiger partial charge in [-0.2, -0.15) is 5.10 Å². The van der Waals surface area contributed by atoms with Crippen molar-refractivity contribution in [1.82, 2.24) is 20.0 Å². The summed E-state index contributed by atoms with van der Waals surface area (Å²) in [5.41, 5.74) is 3.38. The molecule has 0 radical (unpaired) electrons. The minimum absolute atomic E-state index is 0.0428. The molecule has 4 aromatic rings. The lowest BCUT2D eigenvalue weighted by Gasteiger charge is -2.13. The van der Waals surface area contributed by atoms with Gasteiger partial charge in [0.1, 0.15) is 0 Å². The van der Waals surface area contributed by atoms with Gasteiger partial charge in [0.2, 0.25) is 0 Å². The van der Waals surface area contributed by atoms with Gasteiger partial charge < -0.3 is 10.2 Å². The van der Waals surface area contributed by atoms with E-state index in [1.54, 1.807) is 11.3 Å². The molecule has 1 aliphatic heterocycles. The second kappa shape index (κ2) is 8.65. The molecular formula is C25H26N4OS. The molecule has 3 heterocycles. The first-order chi connectivity index (χ1) is 15.2. The number of likely N-dealkylation sites (tertiary alicyclic amines) is 1. The molecule has 2 aromatic heterocycles. The van der Waals surface area contributed by atoms with Crippen LogP contribution in [0.2, 0.25) is 0 Å². The summed E-state index contributed by atoms with van der Waals surface area (Å²) in [4.78, 5) is 16.4. The van der Waals surface area contributed by atoms with E-state index in [1.807, 2.05) is 47.4 Å². The van der Waals surface area contributed by atoms with Gasteiger partial charge in [0.05, 0.1) is 16.8 Å². The number of amides is 1. The third kappa shape index (κ3) is 4.13. The summed E-state index contributed by atoms with van der Waals surface area (Å²) >= 11 is 1.62. The maximum absolute atomic E-state index is 13.2. The number of hydrogen-bond donors (Lipinski definition) is 1. The van der Waals surface area contributed by atoms with Crippen molar-refractivity contribution < 1.29 is 4.79 Å². The smallest absolute Gasteiger partial charge is 0.261 e. The quantitative estimate of drug-likeness (QED) is 0.491. The molecule has 1 amide bonds. The fraction of sp³-hybridized carbons (Fsp3) is 0.280. The van der Waals surface area contributed by atoms with Crippen LogP contribution in [-0.2, 0) is 6.42 Å². The molecule has 0 unspecified atom stereocenters. The molecule has 31 heavy (non-hydrogen) atoms. The number of nitrogens with one attached hydrogen (secondary N) is 1. The largest absolute Gasteiger partial charge is 0.351 e. The van der Waals surface area contributed by atoms with Crippen LogP contribution >= 0.6 is 11.3 Å². The average Bonchev–Trinajstić information content (AvgIpc) is 3.52. The summed E-state index contributed by atoms with van der Waals surface area (Å²) in [6, 6.07) is 18.5. The van der Waals surface area contributed by atoms with Crippen molar-refractivity contribution in [3.63, 3.8) is 0 Å². The number of aromatic nitrogens is 2. The first-order valence-electron chi connectivity index (χ1n) is 10.8. The van der Waals surface area contributed by atoms with E-state index in [1.165, 1.54) is 15.6 Å². The Balaban J connectivity index is 1.29. The number of rotatable bonds is 6. The van der Waals surface area contributed by atoms with Gasteiger partial charge in [0.15, 0.2) is 0 Å². The van der Waals surface area contributed by atoms with Crippen LogP contribution in [-0.4, -0.2) is 47.3 Å². The molecule has 1 aliphatic rings. The first-order valence-corrected chi connectivity index (χ1v) is 11.6. The highest BCUT2D eigenvalue weighted by Gasteiger charge is 2.29. The highest BCUT2D eigenvalue weighted by Crippen LogP contribution is 2.39. The standard InChI is InChI=1S/C25H26N4OS/c1-28-14-12-19(17-28)23-21-9-5-6-10-22(21)31-24(23)25(30)26-13-11-18-15-27-29(16-18)20-7-3-2-4-8-20/h2-10,15-16,19H,11-14,17H2,1H3,(H,26,30)/t19-/m0/s1. The van der Waals surface area contributed by atoms with Crippen LogP contribution in [0.3, 0.4) is 0 Å². The summed E-state index contributed by atoms with van der Waals surface area (Å²) in [6.07, 6.45) is 5.76. The molecule has 0 aliphatic carbocycles. The van der Waals surface area contributed by atoms with Gasteiger partial charge in [-0.1, -0.05) is 36.4 Å². The summed E-state index contributed by atoms with van der Waals surface area (Å²) in [6.45, 7) is 2.69. The Hall–Kier alpha value is -2.96. The van der Waals surface area contributed by atoms with E-state index in [0.29, 0.717) is 12.5 Å². The van der Waals surface area contributed by atoms with Crippen LogP contribution in [0.1, 0.15) is 33.1 Å². The number of fused-ring (bicyclic) bond motifs is 1. The number of benzene rings is 2. The van der Waals surface area contributed by atoms with Crippen LogP contribution in [0.15, 0.2) is 67.0 Å². The van der Waals surface area contributed by atoms with Gasteiger partial charge in [-0.05, 0) is 61.1 Å². The molecule has 0 saturated carbocycles. The normalized spacial score (nSPS) is 16.7. The number of carbonyl (C=O) groups is 1. The first kappa shape index (κ1) is 20.0. The Morgan fingerprint density at radius 1 is 1.16 bits per heavy atom. The molecule has 1 fully saturated rings. The van der Waals surface area contributed by atoms with Crippen LogP contribution in [0.4, 0.5) is 0 Å². The Labute approximate surface area is 186 Å². The van der Waals surface area contributed by atoms with E-state index in [0.717, 1.165) is 42.1 Å². The Bertz CT molecular complexity index is 1200. The number of likely N-dealkylation sites (N-methyl/N-ethyl adjacent to an activating group) is 1. The third-order valence-electron chi connectivity index (χ3n) is 6.00. The van der Waals surface area contributed by atoms with Crippen molar-refractivity contribution in [2.24, 2.45) is 0 Å². The van der Waals surface area contributed by atoms with Gasteiger partial charge in [-0.3, -0.25) is 4.79 Å². The Morgan fingerprint density at radius 2 is 1.97 bits per heavy atom. The maximum Gasteiger partial charge on any atom is 0.261 e. The van der Waals surface area contributed by atoms with Gasteiger partial charge >= 0.3 is 0 Å². The number of para-hydroxylation sites is 1. The summed E-state index contributed by atoms with van der Waals surface area (Å²) in [5.74, 6) is 0.465. The van der Waals surface area contributed by atoms with Crippen molar-refractivity contribution in [3.8, 4) is 5.69 Å². The zero-order valence-electron chi connectivity index (χ0n) is 17.6. The fourth-order valence-corrected chi connectivity index (χ4v) is 5.63. The fourth-order valence-electron chi connectivity index (χ4n) is 4.42. The highest BCUT2D eigenvalue weighted by atomic mass is 32.1. The van der Waals surface area contributed by atoms with E-state index >= 15 is 0 Å². The number of thiophene rings is 1. The third-order valence-corrected chi connectivity index (χ3v) is 7.18. The highest BCUT2D eigenvalue weighted by molar-refractivity contribution is 7.21. The van der Waals surface area contributed by atoms with Crippen LogP contribution in [0, 0.1) is 0 Å². The van der Waals surface area contributed by atoms with Crippen molar-refractivity contribution in [3.05, 3.63) is 83.0 Å². The molecule has 1 N–H and O–H groups in total. The predicted octanol–water partition coefficient (Wildman–Crippen LogP) is 4.48. The summed E-state index contributed by atoms with van der Waals surface area (Å²) in [7, 11) is 2.16. The summed E-state index contributed by atoms with van der Waals surface area (Å²) < 4.78 is 3.07. The lowest BCUT2D eigenvalue weighted by Crippen LogP contribution is -2.26. The van der Waals surface area contributed by atoms with Crippen LogP contribution in [0.5, 0.6) is 0 Å². The molecule has 0 spiro atoms. The van der Waals surface area contributed by atoms with Crippen LogP contribution in [0.25, 0.3) is 15.8 Å². The number of hydrogen-bond acceptors (Lipinski definition) is 4. The monoisotopic (exact) mass is 430 g/mol. The van der Waals surface area contributed by atoms with Crippen molar-refractivity contribution in [1.29, 1.82) is 0 Å². The lowest BCUT2D eigenvalue weighted by molar-refractivity contribution is 0.0957. The number of carbonyl (C=O) groups excluding carboxylic acids is 1. The SMILES string of the molecule is CN1CC[C@H](c2c(C(=O)NCCc3cnn(-c4ccccc4)c3)sc3ccccc23)C1. The minimum atomic E-state index is 0.0428. The molecular weight excluding hydrogens is 404 g/mol. The predicted molar refractivity (Wildman–Crippen MR) is 126 cm³/mol. The molecule has 6 heteroatoms. The summed E-state index contributed by atoms with van der Waals surface area (Å²) in [5, 5.41) is 8.84. The van der Waals surface area contributed by atoms with E-state index in [-0.39, 0.29) is 5.91 Å². The van der Waals surface area contributed by atoms with E-state index in [4.69, 9.17) is 0 Å². The molecule has 1 saturated heterocycles. The van der Waals surface area contributed by atoms with Crippen molar-refractivity contribution in [2.45, 2.75) is 18.8 Å². The van der Waals surface area contributed by atoms with E-state index < -0.39 is 0 Å². The van der Waals surface area contributed by atoms with Gasteiger partial charge in [-0.15, -0.1) is 11.3 Å². The second-order valence-corrected chi connectivity index (χ2v) is 9.28. The minimum Gasteiger partial charge on any atom is -0.351 e. The Morgan fingerprint density at radius 3 is 2.77 bits per heavy atom. The molecule has 0 bridgehead atoms. The topological polar surface area (TPSA) is 50.2 Å². The Kier molecular flexibility index (Phi) is 5.57. The average molecular weight is 431 g/mol. The zero-order valence-corrected chi connectivity index (χ0v) is 18.4. The molecule has 5 nitrogen and oxygen atoms in total. The van der Waals surface area contributed by atoms with Gasteiger partial charge in [0.25, 0.3) is 5.91 Å². The zero-order chi connectivity index (χ0) is 21.2. The van der Waals surface area contributed by atoms with E-state index in [2.05, 4.69) is 46.6 Å². The molecule has 2 aromatic carbocycles. The van der Waals surface area contributed by atoms with Crippen molar-refractivity contribution in [2.75, 3.05) is 26.7 Å². The molecule has 5 rings (SSSR count). The van der Waals surface area contributed by atoms with Gasteiger partial charge in [0, 0.05) is 29.9 Å². The second-order valence-electron chi connectivity index (χ2n) is 8.22.